The number of nitrogens with one attached hydrogen (secondary N) is 2. The summed E-state index contributed by atoms with van der Waals surface area (Å²) in [7, 11) is 0. The van der Waals surface area contributed by atoms with E-state index in [1.165, 1.54) is 0 Å². The molecule has 1 aromatic carbocycles. The van der Waals surface area contributed by atoms with Crippen molar-refractivity contribution in [2.45, 2.75) is 32.6 Å². The summed E-state index contributed by atoms with van der Waals surface area (Å²) in [5.74, 6) is -0.685. The number of H-pyrrole nitrogens is 1. The normalized spacial score (nSPS) is 16.9. The number of fused-ring (bicyclic) bond motifs is 1. The molecule has 0 fully saturated rings. The predicted octanol–water partition coefficient (Wildman–Crippen LogP) is 4.07. The summed E-state index contributed by atoms with van der Waals surface area (Å²) in [6.07, 6.45) is 1.49. The summed E-state index contributed by atoms with van der Waals surface area (Å²) in [6.45, 7) is 3.91. The van der Waals surface area contributed by atoms with Crippen LogP contribution in [0, 0.1) is 6.92 Å². The van der Waals surface area contributed by atoms with E-state index in [0.717, 1.165) is 23.2 Å². The van der Waals surface area contributed by atoms with Crippen molar-refractivity contribution in [3.8, 4) is 0 Å². The molecule has 2 aromatic rings. The average Bonchev–Trinajstić information content (AvgIpc) is 2.88. The molecule has 120 valence electrons. The van der Waals surface area contributed by atoms with Gasteiger partial charge in [0, 0.05) is 27.9 Å². The Balaban J connectivity index is 2.28. The first-order valence-electron chi connectivity index (χ1n) is 7.57. The van der Waals surface area contributed by atoms with Gasteiger partial charge < -0.3 is 10.4 Å². The molecule has 0 bridgehead atoms. The van der Waals surface area contributed by atoms with Crippen LogP contribution in [0.1, 0.15) is 42.5 Å². The minimum absolute atomic E-state index is 0.344. The molecule has 23 heavy (non-hydrogen) atoms. The van der Waals surface area contributed by atoms with Crippen LogP contribution in [0.25, 0.3) is 0 Å². The highest BCUT2D eigenvalue weighted by atomic mass is 35.5. The maximum absolute atomic E-state index is 12.0. The van der Waals surface area contributed by atoms with Gasteiger partial charge in [0.25, 0.3) is 0 Å². The van der Waals surface area contributed by atoms with E-state index in [2.05, 4.69) is 15.5 Å². The number of aliphatic carboxylic acids is 1. The molecule has 0 saturated heterocycles. The second-order valence-electron chi connectivity index (χ2n) is 5.64. The number of aromatic nitrogens is 2. The maximum Gasteiger partial charge on any atom is 0.334 e. The van der Waals surface area contributed by atoms with Crippen LogP contribution in [-0.4, -0.2) is 21.3 Å². The van der Waals surface area contributed by atoms with Gasteiger partial charge in [-0.3, -0.25) is 5.10 Å². The summed E-state index contributed by atoms with van der Waals surface area (Å²) >= 11 is 6.37. The number of allylic oxidation sites excluding steroid dienone is 1. The Kier molecular flexibility index (Phi) is 4.13. The van der Waals surface area contributed by atoms with Crippen molar-refractivity contribution >= 4 is 23.4 Å². The van der Waals surface area contributed by atoms with Crippen molar-refractivity contribution in [3.63, 3.8) is 0 Å². The van der Waals surface area contributed by atoms with E-state index >= 15 is 0 Å². The first kappa shape index (κ1) is 15.6. The Morgan fingerprint density at radius 3 is 2.78 bits per heavy atom. The Bertz CT molecular complexity index is 795. The van der Waals surface area contributed by atoms with Crippen LogP contribution in [0.2, 0.25) is 5.02 Å². The predicted molar refractivity (Wildman–Crippen MR) is 89.8 cm³/mol. The molecular weight excluding hydrogens is 314 g/mol. The Morgan fingerprint density at radius 1 is 1.39 bits per heavy atom. The summed E-state index contributed by atoms with van der Waals surface area (Å²) in [4.78, 5) is 12.0. The van der Waals surface area contributed by atoms with E-state index in [0.29, 0.717) is 28.5 Å². The number of carboxylic acid groups (broad SMARTS) is 1. The molecule has 6 heteroatoms. The van der Waals surface area contributed by atoms with Gasteiger partial charge in [0.15, 0.2) is 5.82 Å². The summed E-state index contributed by atoms with van der Waals surface area (Å²) in [5, 5.41) is 20.8. The van der Waals surface area contributed by atoms with Crippen LogP contribution in [0.5, 0.6) is 0 Å². The number of carboxylic acids is 1. The van der Waals surface area contributed by atoms with Crippen LogP contribution < -0.4 is 5.32 Å². The monoisotopic (exact) mass is 331 g/mol. The Hall–Kier alpha value is -2.27. The van der Waals surface area contributed by atoms with Crippen LogP contribution >= 0.6 is 11.6 Å². The van der Waals surface area contributed by atoms with Gasteiger partial charge in [-0.1, -0.05) is 43.1 Å². The molecule has 0 spiro atoms. The number of hydrogen-bond donors (Lipinski definition) is 3. The minimum Gasteiger partial charge on any atom is -0.478 e. The number of benzene rings is 1. The van der Waals surface area contributed by atoms with Crippen molar-refractivity contribution in [1.82, 2.24) is 10.2 Å². The zero-order valence-corrected chi connectivity index (χ0v) is 13.7. The number of nitrogens with zero attached hydrogens (tertiary/aromatic N) is 1. The van der Waals surface area contributed by atoms with Gasteiger partial charge in [0.2, 0.25) is 0 Å². The van der Waals surface area contributed by atoms with Crippen molar-refractivity contribution in [3.05, 3.63) is 57.4 Å². The van der Waals surface area contributed by atoms with Crippen molar-refractivity contribution in [2.75, 3.05) is 5.32 Å². The third-order valence-corrected chi connectivity index (χ3v) is 4.46. The van der Waals surface area contributed by atoms with E-state index < -0.39 is 11.9 Å². The van der Waals surface area contributed by atoms with Crippen molar-refractivity contribution < 1.29 is 9.90 Å². The SMILES string of the molecule is CCCC1=C(C(=O)O)C(c2ccccc2Cl)c2c(n[nH]c2C)N1. The lowest BCUT2D eigenvalue weighted by molar-refractivity contribution is -0.133. The van der Waals surface area contributed by atoms with Gasteiger partial charge in [-0.25, -0.2) is 4.79 Å². The molecular formula is C17H18ClN3O2. The van der Waals surface area contributed by atoms with Gasteiger partial charge in [-0.05, 0) is 25.0 Å². The molecule has 0 aliphatic carbocycles. The number of anilines is 1. The van der Waals surface area contributed by atoms with Gasteiger partial charge in [-0.2, -0.15) is 5.10 Å². The Labute approximate surface area is 139 Å². The highest BCUT2D eigenvalue weighted by molar-refractivity contribution is 6.31. The third-order valence-electron chi connectivity index (χ3n) is 4.11. The van der Waals surface area contributed by atoms with E-state index in [1.54, 1.807) is 6.07 Å². The smallest absolute Gasteiger partial charge is 0.334 e. The number of rotatable bonds is 4. The van der Waals surface area contributed by atoms with E-state index in [1.807, 2.05) is 32.0 Å². The van der Waals surface area contributed by atoms with Crippen molar-refractivity contribution in [2.24, 2.45) is 0 Å². The number of halogens is 1. The molecule has 0 amide bonds. The van der Waals surface area contributed by atoms with E-state index in [-0.39, 0.29) is 0 Å². The third kappa shape index (κ3) is 2.61. The fourth-order valence-corrected chi connectivity index (χ4v) is 3.38. The summed E-state index contributed by atoms with van der Waals surface area (Å²) in [5.41, 5.74) is 3.51. The quantitative estimate of drug-likeness (QED) is 0.789. The molecule has 1 unspecified atom stereocenters. The molecule has 1 aliphatic heterocycles. The molecule has 5 nitrogen and oxygen atoms in total. The second kappa shape index (κ2) is 6.08. The average molecular weight is 332 g/mol. The van der Waals surface area contributed by atoms with Crippen LogP contribution in [-0.2, 0) is 4.79 Å². The topological polar surface area (TPSA) is 78.0 Å². The molecule has 3 N–H and O–H groups in total. The number of aromatic amines is 1. The van der Waals surface area contributed by atoms with E-state index in [9.17, 15) is 9.90 Å². The highest BCUT2D eigenvalue weighted by Gasteiger charge is 2.36. The van der Waals surface area contributed by atoms with Gasteiger partial charge in [0.1, 0.15) is 0 Å². The van der Waals surface area contributed by atoms with Crippen LogP contribution in [0.4, 0.5) is 5.82 Å². The first-order chi connectivity index (χ1) is 11.0. The molecule has 2 heterocycles. The number of carbonyl (C=O) groups is 1. The number of aryl methyl sites for hydroxylation is 1. The first-order valence-corrected chi connectivity index (χ1v) is 7.95. The molecule has 1 aromatic heterocycles. The minimum atomic E-state index is -0.933. The Morgan fingerprint density at radius 2 is 2.13 bits per heavy atom. The summed E-state index contributed by atoms with van der Waals surface area (Å²) < 4.78 is 0. The maximum atomic E-state index is 12.0. The molecule has 0 saturated carbocycles. The second-order valence-corrected chi connectivity index (χ2v) is 6.04. The van der Waals surface area contributed by atoms with Gasteiger partial charge in [0.05, 0.1) is 5.57 Å². The lowest BCUT2D eigenvalue weighted by atomic mass is 9.80. The molecule has 1 atom stereocenters. The lowest BCUT2D eigenvalue weighted by Gasteiger charge is -2.28. The fraction of sp³-hybridized carbons (Fsp3) is 0.294. The van der Waals surface area contributed by atoms with Crippen LogP contribution in [0.3, 0.4) is 0 Å². The summed E-state index contributed by atoms with van der Waals surface area (Å²) in [6, 6.07) is 7.37. The van der Waals surface area contributed by atoms with Gasteiger partial charge in [-0.15, -0.1) is 0 Å². The zero-order valence-electron chi connectivity index (χ0n) is 13.0. The highest BCUT2D eigenvalue weighted by Crippen LogP contribution is 2.45. The standard InChI is InChI=1S/C17H18ClN3O2/c1-3-6-12-15(17(22)23)14(10-7-4-5-8-11(10)18)13-9(2)20-21-16(13)19-12/h4-5,7-8,14H,3,6H2,1-2H3,(H,22,23)(H2,19,20,21). The lowest BCUT2D eigenvalue weighted by Crippen LogP contribution is -2.24. The largest absolute Gasteiger partial charge is 0.478 e. The van der Waals surface area contributed by atoms with Crippen LogP contribution in [0.15, 0.2) is 35.5 Å². The van der Waals surface area contributed by atoms with Crippen molar-refractivity contribution in [1.29, 1.82) is 0 Å². The van der Waals surface area contributed by atoms with Gasteiger partial charge >= 0.3 is 5.97 Å². The number of hydrogen-bond acceptors (Lipinski definition) is 3. The molecule has 1 aliphatic rings. The fourth-order valence-electron chi connectivity index (χ4n) is 3.14. The molecule has 0 radical (unpaired) electrons. The van der Waals surface area contributed by atoms with E-state index in [4.69, 9.17) is 11.6 Å². The molecule has 3 rings (SSSR count). The zero-order chi connectivity index (χ0) is 16.6.